The zero-order valence-electron chi connectivity index (χ0n) is 12.5. The van der Waals surface area contributed by atoms with Gasteiger partial charge in [0, 0.05) is 17.7 Å². The van der Waals surface area contributed by atoms with Crippen LogP contribution in [0.1, 0.15) is 0 Å². The summed E-state index contributed by atoms with van der Waals surface area (Å²) in [6.07, 6.45) is 0. The van der Waals surface area contributed by atoms with E-state index in [9.17, 15) is 8.78 Å². The molecule has 2 heterocycles. The highest BCUT2D eigenvalue weighted by molar-refractivity contribution is 6.28. The third-order valence-electron chi connectivity index (χ3n) is 3.51. The van der Waals surface area contributed by atoms with E-state index in [0.717, 1.165) is 0 Å². The summed E-state index contributed by atoms with van der Waals surface area (Å²) in [6, 6.07) is 13.1. The highest BCUT2D eigenvalue weighted by Crippen LogP contribution is 2.33. The molecular weight excluding hydrogens is 350 g/mol. The van der Waals surface area contributed by atoms with Gasteiger partial charge in [0.25, 0.3) is 0 Å². The largest absolute Gasteiger partial charge is 0.437 e. The quantitative estimate of drug-likeness (QED) is 0.540. The van der Waals surface area contributed by atoms with Gasteiger partial charge < -0.3 is 4.74 Å². The number of hydrogen-bond donors (Lipinski definition) is 0. The van der Waals surface area contributed by atoms with E-state index in [1.807, 2.05) is 0 Å². The Morgan fingerprint density at radius 1 is 0.880 bits per heavy atom. The number of ether oxygens (including phenoxy) is 1. The Kier molecular flexibility index (Phi) is 3.77. The van der Waals surface area contributed by atoms with Crippen molar-refractivity contribution in [3.8, 4) is 22.8 Å². The molecule has 4 aromatic rings. The van der Waals surface area contributed by atoms with Crippen LogP contribution in [-0.4, -0.2) is 19.8 Å². The van der Waals surface area contributed by atoms with Crippen molar-refractivity contribution in [2.75, 3.05) is 0 Å². The minimum absolute atomic E-state index is 0.0819. The summed E-state index contributed by atoms with van der Waals surface area (Å²) in [5.41, 5.74) is 1.73. The first kappa shape index (κ1) is 15.5. The second-order valence-corrected chi connectivity index (χ2v) is 5.50. The number of halogens is 3. The van der Waals surface area contributed by atoms with Gasteiger partial charge in [0.15, 0.2) is 5.65 Å². The molecule has 0 spiro atoms. The van der Waals surface area contributed by atoms with Gasteiger partial charge in [-0.25, -0.2) is 8.78 Å². The molecule has 0 amide bonds. The lowest BCUT2D eigenvalue weighted by molar-refractivity contribution is 0.450. The van der Waals surface area contributed by atoms with E-state index in [1.165, 1.54) is 28.8 Å². The zero-order chi connectivity index (χ0) is 17.4. The molecule has 0 atom stereocenters. The number of hydrogen-bond acceptors (Lipinski definition) is 4. The summed E-state index contributed by atoms with van der Waals surface area (Å²) in [6.45, 7) is 0. The molecule has 2 aromatic carbocycles. The third kappa shape index (κ3) is 3.01. The standard InChI is InChI=1S/C17H9ClF2N4O/c18-17-22-21-15-7-8-16(23-24(15)17)25-14-9-12(20)5-6-13(14)10-1-3-11(19)4-2-10/h1-9H. The lowest BCUT2D eigenvalue weighted by atomic mass is 10.0. The summed E-state index contributed by atoms with van der Waals surface area (Å²) in [5, 5.41) is 11.8. The molecule has 2 aromatic heterocycles. The fourth-order valence-electron chi connectivity index (χ4n) is 2.36. The lowest BCUT2D eigenvalue weighted by Crippen LogP contribution is -1.97. The maximum Gasteiger partial charge on any atom is 0.246 e. The number of aromatic nitrogens is 4. The molecule has 0 fully saturated rings. The van der Waals surface area contributed by atoms with Crippen molar-refractivity contribution in [3.05, 3.63) is 71.5 Å². The van der Waals surface area contributed by atoms with Crippen LogP contribution >= 0.6 is 11.6 Å². The van der Waals surface area contributed by atoms with Crippen LogP contribution in [0.3, 0.4) is 0 Å². The molecule has 4 rings (SSSR count). The molecule has 0 saturated carbocycles. The molecular formula is C17H9ClF2N4O. The van der Waals surface area contributed by atoms with E-state index >= 15 is 0 Å². The van der Waals surface area contributed by atoms with Gasteiger partial charge in [-0.15, -0.1) is 15.3 Å². The monoisotopic (exact) mass is 358 g/mol. The number of benzene rings is 2. The molecule has 0 unspecified atom stereocenters. The topological polar surface area (TPSA) is 52.3 Å². The third-order valence-corrected chi connectivity index (χ3v) is 3.75. The van der Waals surface area contributed by atoms with Crippen LogP contribution in [0.5, 0.6) is 11.6 Å². The Morgan fingerprint density at radius 2 is 1.64 bits per heavy atom. The summed E-state index contributed by atoms with van der Waals surface area (Å²) >= 11 is 5.89. The molecule has 0 aliphatic heterocycles. The second-order valence-electron chi connectivity index (χ2n) is 5.16. The molecule has 8 heteroatoms. The molecule has 0 radical (unpaired) electrons. The van der Waals surface area contributed by atoms with Gasteiger partial charge in [-0.1, -0.05) is 12.1 Å². The van der Waals surface area contributed by atoms with E-state index < -0.39 is 5.82 Å². The molecule has 124 valence electrons. The van der Waals surface area contributed by atoms with Crippen LogP contribution in [0.15, 0.2) is 54.6 Å². The number of rotatable bonds is 3. The van der Waals surface area contributed by atoms with Crippen molar-refractivity contribution in [2.24, 2.45) is 0 Å². The van der Waals surface area contributed by atoms with Gasteiger partial charge in [-0.05, 0) is 47.5 Å². The molecule has 0 aliphatic rings. The Labute approximate surface area is 145 Å². The van der Waals surface area contributed by atoms with Gasteiger partial charge in [0.05, 0.1) is 0 Å². The predicted molar refractivity (Wildman–Crippen MR) is 87.7 cm³/mol. The van der Waals surface area contributed by atoms with Crippen LogP contribution in [0.2, 0.25) is 5.28 Å². The number of fused-ring (bicyclic) bond motifs is 1. The van der Waals surface area contributed by atoms with Crippen LogP contribution in [0.4, 0.5) is 8.78 Å². The summed E-state index contributed by atoms with van der Waals surface area (Å²) in [7, 11) is 0. The Hall–Kier alpha value is -3.06. The average molecular weight is 359 g/mol. The van der Waals surface area contributed by atoms with Crippen LogP contribution in [0.25, 0.3) is 16.8 Å². The highest BCUT2D eigenvalue weighted by atomic mass is 35.5. The van der Waals surface area contributed by atoms with Crippen molar-refractivity contribution in [3.63, 3.8) is 0 Å². The van der Waals surface area contributed by atoms with Crippen molar-refractivity contribution >= 4 is 17.2 Å². The Balaban J connectivity index is 1.77. The molecule has 25 heavy (non-hydrogen) atoms. The first-order valence-corrected chi connectivity index (χ1v) is 7.59. The van der Waals surface area contributed by atoms with E-state index in [-0.39, 0.29) is 22.7 Å². The highest BCUT2D eigenvalue weighted by Gasteiger charge is 2.12. The summed E-state index contributed by atoms with van der Waals surface area (Å²) < 4.78 is 33.9. The Bertz CT molecular complexity index is 1070. The maximum atomic E-state index is 13.7. The van der Waals surface area contributed by atoms with E-state index in [2.05, 4.69) is 15.3 Å². The fourth-order valence-corrected chi connectivity index (χ4v) is 2.52. The number of nitrogens with zero attached hydrogens (tertiary/aromatic N) is 4. The maximum absolute atomic E-state index is 13.7. The average Bonchev–Trinajstić information content (AvgIpc) is 2.97. The first-order valence-electron chi connectivity index (χ1n) is 7.21. The zero-order valence-corrected chi connectivity index (χ0v) is 13.3. The minimum atomic E-state index is -0.468. The van der Waals surface area contributed by atoms with Gasteiger partial charge in [-0.2, -0.15) is 4.52 Å². The Morgan fingerprint density at radius 3 is 2.44 bits per heavy atom. The van der Waals surface area contributed by atoms with E-state index in [4.69, 9.17) is 16.3 Å². The molecule has 0 saturated heterocycles. The van der Waals surface area contributed by atoms with Crippen LogP contribution < -0.4 is 4.74 Å². The van der Waals surface area contributed by atoms with E-state index in [0.29, 0.717) is 16.8 Å². The van der Waals surface area contributed by atoms with Gasteiger partial charge in [0.1, 0.15) is 17.4 Å². The van der Waals surface area contributed by atoms with Crippen molar-refractivity contribution < 1.29 is 13.5 Å². The molecule has 0 N–H and O–H groups in total. The van der Waals surface area contributed by atoms with Crippen molar-refractivity contribution in [1.82, 2.24) is 19.8 Å². The fraction of sp³-hybridized carbons (Fsp3) is 0. The van der Waals surface area contributed by atoms with Crippen LogP contribution in [-0.2, 0) is 0 Å². The van der Waals surface area contributed by atoms with Crippen molar-refractivity contribution in [1.29, 1.82) is 0 Å². The second kappa shape index (κ2) is 6.10. The SMILES string of the molecule is Fc1ccc(-c2ccc(F)cc2Oc2ccc3nnc(Cl)n3n2)cc1. The normalized spacial score (nSPS) is 11.0. The van der Waals surface area contributed by atoms with E-state index in [1.54, 1.807) is 30.3 Å². The van der Waals surface area contributed by atoms with Crippen LogP contribution in [0, 0.1) is 11.6 Å². The predicted octanol–water partition coefficient (Wildman–Crippen LogP) is 4.52. The van der Waals surface area contributed by atoms with Gasteiger partial charge >= 0.3 is 0 Å². The van der Waals surface area contributed by atoms with Crippen molar-refractivity contribution in [2.45, 2.75) is 0 Å². The van der Waals surface area contributed by atoms with Gasteiger partial charge in [-0.3, -0.25) is 0 Å². The lowest BCUT2D eigenvalue weighted by Gasteiger charge is -2.11. The first-order chi connectivity index (χ1) is 12.1. The molecule has 0 bridgehead atoms. The van der Waals surface area contributed by atoms with Gasteiger partial charge in [0.2, 0.25) is 11.2 Å². The smallest absolute Gasteiger partial charge is 0.246 e. The minimum Gasteiger partial charge on any atom is -0.437 e. The summed E-state index contributed by atoms with van der Waals surface area (Å²) in [4.78, 5) is 0. The summed E-state index contributed by atoms with van der Waals surface area (Å²) in [5.74, 6) is -0.405. The molecule has 5 nitrogen and oxygen atoms in total. The molecule has 0 aliphatic carbocycles.